The van der Waals surface area contributed by atoms with Gasteiger partial charge in [-0.15, -0.1) is 0 Å². The fraction of sp³-hybridized carbons (Fsp3) is 0.736. The van der Waals surface area contributed by atoms with Crippen molar-refractivity contribution < 1.29 is 42.9 Å². The molecule has 0 spiro atoms. The van der Waals surface area contributed by atoms with Gasteiger partial charge >= 0.3 is 11.9 Å². The van der Waals surface area contributed by atoms with Gasteiger partial charge in [-0.1, -0.05) is 272 Å². The molecule has 0 aliphatic carbocycles. The molecule has 2 unspecified atom stereocenters. The third-order valence-electron chi connectivity index (χ3n) is 14.3. The second kappa shape index (κ2) is 62.3. The molecule has 9 heteroatoms. The number of ether oxygens (including phenoxy) is 4. The molecule has 9 nitrogen and oxygen atoms in total. The van der Waals surface area contributed by atoms with Gasteiger partial charge in [0.1, 0.15) is 13.2 Å². The molecule has 0 aliphatic rings. The van der Waals surface area contributed by atoms with E-state index in [1.807, 2.05) is 21.1 Å². The first-order valence-electron chi connectivity index (χ1n) is 33.4. The minimum absolute atomic E-state index is 0.138. The zero-order chi connectivity index (χ0) is 59.1. The van der Waals surface area contributed by atoms with Gasteiger partial charge < -0.3 is 33.3 Å². The molecule has 0 heterocycles. The van der Waals surface area contributed by atoms with Gasteiger partial charge in [-0.2, -0.15) is 0 Å². The van der Waals surface area contributed by atoms with E-state index in [0.717, 1.165) is 83.5 Å². The first kappa shape index (κ1) is 77.2. The maximum atomic E-state index is 12.9. The Balaban J connectivity index is 4.06. The van der Waals surface area contributed by atoms with Gasteiger partial charge in [0.15, 0.2) is 12.4 Å². The summed E-state index contributed by atoms with van der Waals surface area (Å²) in [6.45, 7) is 4.60. The van der Waals surface area contributed by atoms with Crippen LogP contribution in [-0.4, -0.2) is 82.3 Å². The minimum atomic E-state index is -1.63. The van der Waals surface area contributed by atoms with Crippen LogP contribution < -0.4 is 5.11 Å². The smallest absolute Gasteiger partial charge is 0.306 e. The number of unbranched alkanes of at least 4 members (excludes halogenated alkanes) is 30. The number of hydrogen-bond acceptors (Lipinski definition) is 8. The van der Waals surface area contributed by atoms with Crippen molar-refractivity contribution in [2.45, 2.75) is 296 Å². The highest BCUT2D eigenvalue weighted by Crippen LogP contribution is 2.17. The van der Waals surface area contributed by atoms with Crippen LogP contribution in [0.4, 0.5) is 0 Å². The Morgan fingerprint density at radius 1 is 0.383 bits per heavy atom. The summed E-state index contributed by atoms with van der Waals surface area (Å²) in [7, 11) is 5.91. The molecule has 0 bridgehead atoms. The summed E-state index contributed by atoms with van der Waals surface area (Å²) in [4.78, 5) is 37.4. The van der Waals surface area contributed by atoms with Crippen LogP contribution in [0.15, 0.2) is 97.2 Å². The molecular formula is C72H125NO8. The number of aliphatic carboxylic acids is 1. The highest BCUT2D eigenvalue weighted by atomic mass is 16.7. The topological polar surface area (TPSA) is 111 Å². The number of quaternary nitrogens is 1. The van der Waals surface area contributed by atoms with Crippen molar-refractivity contribution in [3.8, 4) is 0 Å². The molecule has 0 saturated carbocycles. The molecule has 0 aliphatic heterocycles. The van der Waals surface area contributed by atoms with Crippen molar-refractivity contribution in [3.63, 3.8) is 0 Å². The summed E-state index contributed by atoms with van der Waals surface area (Å²) in [5, 5.41) is 11.8. The van der Waals surface area contributed by atoms with Crippen LogP contribution in [0, 0.1) is 0 Å². The Morgan fingerprint density at radius 2 is 0.704 bits per heavy atom. The van der Waals surface area contributed by atoms with Gasteiger partial charge in [-0.05, 0) is 96.3 Å². The SMILES string of the molecule is CC/C=C\C/C=C\C/C=C\C/C=C\C/C=C\CCCCCC(=O)OC(COC(=O)CCCCCCCCCCCCCCCCCCCCCCCC/C=C\C/C=C\C/C=C\CCCCCCC)COC(OCC[N+](C)(C)C)C(=O)[O-]. The molecule has 0 aromatic carbocycles. The van der Waals surface area contributed by atoms with Crippen molar-refractivity contribution in [3.05, 3.63) is 97.2 Å². The lowest BCUT2D eigenvalue weighted by Crippen LogP contribution is -2.44. The number of esters is 2. The average Bonchev–Trinajstić information content (AvgIpc) is 3.44. The van der Waals surface area contributed by atoms with Crippen LogP contribution in [0.5, 0.6) is 0 Å². The number of likely N-dealkylation sites (N-methyl/N-ethyl adjacent to an activating group) is 1. The van der Waals surface area contributed by atoms with Crippen LogP contribution >= 0.6 is 0 Å². The highest BCUT2D eigenvalue weighted by Gasteiger charge is 2.22. The zero-order valence-electron chi connectivity index (χ0n) is 53.1. The predicted octanol–water partition coefficient (Wildman–Crippen LogP) is 19.1. The van der Waals surface area contributed by atoms with Gasteiger partial charge in [0.2, 0.25) is 0 Å². The van der Waals surface area contributed by atoms with Crippen LogP contribution in [0.2, 0.25) is 0 Å². The zero-order valence-corrected chi connectivity index (χ0v) is 53.1. The lowest BCUT2D eigenvalue weighted by Gasteiger charge is -2.26. The Morgan fingerprint density at radius 3 is 1.06 bits per heavy atom. The quantitative estimate of drug-likeness (QED) is 0.0195. The number of carbonyl (C=O) groups excluding carboxylic acids is 3. The average molecular weight is 1130 g/mol. The number of carboxylic acid groups (broad SMARTS) is 1. The summed E-state index contributed by atoms with van der Waals surface area (Å²) in [5.74, 6) is -2.32. The van der Waals surface area contributed by atoms with Gasteiger partial charge in [0, 0.05) is 12.8 Å². The summed E-state index contributed by atoms with van der Waals surface area (Å²) < 4.78 is 22.7. The fourth-order valence-corrected chi connectivity index (χ4v) is 9.22. The van der Waals surface area contributed by atoms with Gasteiger partial charge in [0.25, 0.3) is 0 Å². The molecule has 0 radical (unpaired) electrons. The first-order chi connectivity index (χ1) is 39.6. The number of nitrogens with zero attached hydrogens (tertiary/aromatic N) is 1. The van der Waals surface area contributed by atoms with E-state index in [4.69, 9.17) is 18.9 Å². The van der Waals surface area contributed by atoms with Crippen molar-refractivity contribution in [1.82, 2.24) is 0 Å². The van der Waals surface area contributed by atoms with E-state index in [-0.39, 0.29) is 38.6 Å². The lowest BCUT2D eigenvalue weighted by atomic mass is 10.0. The third kappa shape index (κ3) is 63.6. The summed E-state index contributed by atoms with van der Waals surface area (Å²) in [5.41, 5.74) is 0. The summed E-state index contributed by atoms with van der Waals surface area (Å²) in [6.07, 6.45) is 82.1. The van der Waals surface area contributed by atoms with E-state index in [9.17, 15) is 19.5 Å². The van der Waals surface area contributed by atoms with Crippen LogP contribution in [0.25, 0.3) is 0 Å². The number of carboxylic acids is 1. The Kier molecular flexibility index (Phi) is 59.3. The van der Waals surface area contributed by atoms with Gasteiger partial charge in [-0.3, -0.25) is 9.59 Å². The van der Waals surface area contributed by atoms with E-state index in [1.54, 1.807) is 0 Å². The van der Waals surface area contributed by atoms with E-state index in [1.165, 1.54) is 167 Å². The Labute approximate surface area is 499 Å². The second-order valence-corrected chi connectivity index (χ2v) is 23.4. The normalized spacial score (nSPS) is 13.3. The predicted molar refractivity (Wildman–Crippen MR) is 343 cm³/mol. The monoisotopic (exact) mass is 1130 g/mol. The van der Waals surface area contributed by atoms with Gasteiger partial charge in [0.05, 0.1) is 40.3 Å². The molecule has 81 heavy (non-hydrogen) atoms. The largest absolute Gasteiger partial charge is 0.545 e. The molecular weight excluding hydrogens is 1010 g/mol. The molecule has 0 amide bonds. The lowest BCUT2D eigenvalue weighted by molar-refractivity contribution is -0.870. The maximum Gasteiger partial charge on any atom is 0.306 e. The van der Waals surface area contributed by atoms with Gasteiger partial charge in [-0.25, -0.2) is 0 Å². The highest BCUT2D eigenvalue weighted by molar-refractivity contribution is 5.70. The number of hydrogen-bond donors (Lipinski definition) is 0. The molecule has 0 aromatic heterocycles. The maximum absolute atomic E-state index is 12.9. The Hall–Kier alpha value is -3.79. The molecule has 2 atom stereocenters. The second-order valence-electron chi connectivity index (χ2n) is 23.4. The number of carbonyl (C=O) groups is 3. The summed E-state index contributed by atoms with van der Waals surface area (Å²) >= 11 is 0. The van der Waals surface area contributed by atoms with E-state index >= 15 is 0 Å². The molecule has 0 aromatic rings. The first-order valence-corrected chi connectivity index (χ1v) is 33.4. The molecule has 0 rings (SSSR count). The molecule has 0 saturated heterocycles. The van der Waals surface area contributed by atoms with Crippen LogP contribution in [-0.2, 0) is 33.3 Å². The van der Waals surface area contributed by atoms with Crippen molar-refractivity contribution in [2.75, 3.05) is 47.5 Å². The Bertz CT molecular complexity index is 1650. The minimum Gasteiger partial charge on any atom is -0.545 e. The van der Waals surface area contributed by atoms with E-state index < -0.39 is 24.3 Å². The number of allylic oxidation sites excluding steroid dienone is 16. The van der Waals surface area contributed by atoms with Crippen molar-refractivity contribution in [2.24, 2.45) is 0 Å². The molecule has 0 fully saturated rings. The van der Waals surface area contributed by atoms with E-state index in [2.05, 4.69) is 111 Å². The van der Waals surface area contributed by atoms with E-state index in [0.29, 0.717) is 17.4 Å². The van der Waals surface area contributed by atoms with Crippen molar-refractivity contribution >= 4 is 17.9 Å². The van der Waals surface area contributed by atoms with Crippen molar-refractivity contribution in [1.29, 1.82) is 0 Å². The fourth-order valence-electron chi connectivity index (χ4n) is 9.22. The summed E-state index contributed by atoms with van der Waals surface area (Å²) in [6, 6.07) is 0. The van der Waals surface area contributed by atoms with Crippen LogP contribution in [0.3, 0.4) is 0 Å². The molecule has 466 valence electrons. The van der Waals surface area contributed by atoms with Crippen LogP contribution in [0.1, 0.15) is 284 Å². The standard InChI is InChI=1S/C72H125NO8/c1-6-8-10-12-14-16-18-20-22-24-26-27-28-29-30-31-32-33-34-35-36-37-38-39-40-41-42-43-45-46-48-50-52-54-56-58-60-62-69(74)79-66-68(67-80-72(71(76)77)78-65-64-73(3,4)5)81-70(75)63-61-59-57-55-53-51-49-47-44-25-23-21-19-17-15-13-11-9-7-2/h9,11,15,17-18,20-21,23-24,26,28-29,44,47,51,53,68,72H,6-8,10,12-14,16,19,22,25,27,30-43,45-46,48-50,52,54-67H2,1-5H3/b11-9-,17-15-,20-18-,23-21-,26-24-,29-28-,47-44-,53-51-. The number of rotatable bonds is 61. The molecule has 0 N–H and O–H groups in total. The third-order valence-corrected chi connectivity index (χ3v) is 14.3.